The normalized spacial score (nSPS) is 15.9. The van der Waals surface area contributed by atoms with Crippen LogP contribution >= 0.6 is 0 Å². The van der Waals surface area contributed by atoms with Crippen molar-refractivity contribution in [2.24, 2.45) is 5.92 Å². The molecule has 0 aliphatic carbocycles. The number of aryl methyl sites for hydroxylation is 1. The summed E-state index contributed by atoms with van der Waals surface area (Å²) in [5.41, 5.74) is 2.41. The summed E-state index contributed by atoms with van der Waals surface area (Å²) in [5, 5.41) is 2.67. The van der Waals surface area contributed by atoms with E-state index < -0.39 is 24.4 Å². The topological polar surface area (TPSA) is 84.9 Å². The molecule has 158 valence electrons. The number of nitrogens with zero attached hydrogens (tertiary/aromatic N) is 1. The van der Waals surface area contributed by atoms with Crippen LogP contribution in [0.25, 0.3) is 0 Å². The lowest BCUT2D eigenvalue weighted by Gasteiger charge is -2.17. The molecule has 3 rings (SSSR count). The van der Waals surface area contributed by atoms with E-state index in [1.807, 2.05) is 32.9 Å². The van der Waals surface area contributed by atoms with Crippen molar-refractivity contribution in [1.29, 1.82) is 0 Å². The maximum Gasteiger partial charge on any atom is 0.311 e. The van der Waals surface area contributed by atoms with Gasteiger partial charge in [-0.2, -0.15) is 0 Å². The van der Waals surface area contributed by atoms with Crippen LogP contribution in [-0.2, 0) is 19.1 Å². The Balaban J connectivity index is 1.50. The number of amides is 2. The Labute approximate surface area is 176 Å². The van der Waals surface area contributed by atoms with Gasteiger partial charge in [-0.05, 0) is 57.2 Å². The van der Waals surface area contributed by atoms with Gasteiger partial charge in [0.1, 0.15) is 5.75 Å². The number of nitrogens with one attached hydrogen (secondary N) is 1. The molecule has 2 aromatic rings. The van der Waals surface area contributed by atoms with Crippen LogP contribution in [0, 0.1) is 12.8 Å². The van der Waals surface area contributed by atoms with Gasteiger partial charge in [0.05, 0.1) is 12.0 Å². The van der Waals surface area contributed by atoms with Crippen LogP contribution < -0.4 is 15.0 Å². The first kappa shape index (κ1) is 21.4. The van der Waals surface area contributed by atoms with Crippen LogP contribution in [0.2, 0.25) is 0 Å². The predicted octanol–water partition coefficient (Wildman–Crippen LogP) is 3.32. The molecule has 0 aromatic heterocycles. The number of rotatable bonds is 7. The first-order chi connectivity index (χ1) is 14.3. The van der Waals surface area contributed by atoms with E-state index in [0.29, 0.717) is 11.4 Å². The van der Waals surface area contributed by atoms with Gasteiger partial charge in [0, 0.05) is 24.3 Å². The standard InChI is InChI=1S/C23H26N2O5/c1-15(2)30-20-10-8-19(9-11-20)25-13-17(12-22(25)27)23(28)29-14-21(26)24-18-6-4-16(3)5-7-18/h4-11,15,17H,12-14H2,1-3H3,(H,24,26)/t17-/m0/s1. The van der Waals surface area contributed by atoms with E-state index in [2.05, 4.69) is 5.32 Å². The summed E-state index contributed by atoms with van der Waals surface area (Å²) in [7, 11) is 0. The molecule has 1 N–H and O–H groups in total. The van der Waals surface area contributed by atoms with E-state index in [4.69, 9.17) is 9.47 Å². The van der Waals surface area contributed by atoms with E-state index >= 15 is 0 Å². The maximum absolute atomic E-state index is 12.4. The molecule has 0 saturated carbocycles. The molecule has 0 unspecified atom stereocenters. The Bertz CT molecular complexity index is 906. The SMILES string of the molecule is Cc1ccc(NC(=O)COC(=O)[C@H]2CC(=O)N(c3ccc(OC(C)C)cc3)C2)cc1. The largest absolute Gasteiger partial charge is 0.491 e. The Morgan fingerprint density at radius 3 is 2.40 bits per heavy atom. The third kappa shape index (κ3) is 5.59. The molecule has 2 aromatic carbocycles. The highest BCUT2D eigenvalue weighted by Gasteiger charge is 2.36. The smallest absolute Gasteiger partial charge is 0.311 e. The Morgan fingerprint density at radius 2 is 1.77 bits per heavy atom. The van der Waals surface area contributed by atoms with Gasteiger partial charge in [0.2, 0.25) is 5.91 Å². The zero-order valence-electron chi connectivity index (χ0n) is 17.4. The van der Waals surface area contributed by atoms with Crippen molar-refractivity contribution < 1.29 is 23.9 Å². The summed E-state index contributed by atoms with van der Waals surface area (Å²) < 4.78 is 10.7. The molecular formula is C23H26N2O5. The minimum absolute atomic E-state index is 0.0582. The number of hydrogen-bond acceptors (Lipinski definition) is 5. The van der Waals surface area contributed by atoms with E-state index in [1.165, 1.54) is 0 Å². The van der Waals surface area contributed by atoms with Crippen LogP contribution in [0.5, 0.6) is 5.75 Å². The minimum Gasteiger partial charge on any atom is -0.491 e. The first-order valence-corrected chi connectivity index (χ1v) is 9.92. The van der Waals surface area contributed by atoms with Crippen molar-refractivity contribution in [2.75, 3.05) is 23.4 Å². The average molecular weight is 410 g/mol. The van der Waals surface area contributed by atoms with Crippen molar-refractivity contribution in [2.45, 2.75) is 33.3 Å². The van der Waals surface area contributed by atoms with Crippen molar-refractivity contribution in [3.63, 3.8) is 0 Å². The summed E-state index contributed by atoms with van der Waals surface area (Å²) in [4.78, 5) is 38.3. The molecule has 30 heavy (non-hydrogen) atoms. The number of esters is 1. The molecule has 2 amide bonds. The van der Waals surface area contributed by atoms with Gasteiger partial charge in [-0.15, -0.1) is 0 Å². The van der Waals surface area contributed by atoms with Gasteiger partial charge in [0.15, 0.2) is 6.61 Å². The number of ether oxygens (including phenoxy) is 2. The van der Waals surface area contributed by atoms with Crippen molar-refractivity contribution in [3.8, 4) is 5.75 Å². The average Bonchev–Trinajstić information content (AvgIpc) is 3.10. The van der Waals surface area contributed by atoms with Crippen LogP contribution in [0.3, 0.4) is 0 Å². The highest BCUT2D eigenvalue weighted by atomic mass is 16.5. The second-order valence-electron chi connectivity index (χ2n) is 7.59. The lowest BCUT2D eigenvalue weighted by Crippen LogP contribution is -2.28. The summed E-state index contributed by atoms with van der Waals surface area (Å²) in [6, 6.07) is 14.5. The predicted molar refractivity (Wildman–Crippen MR) is 113 cm³/mol. The molecule has 0 bridgehead atoms. The summed E-state index contributed by atoms with van der Waals surface area (Å²) in [6.45, 7) is 5.66. The molecule has 1 heterocycles. The first-order valence-electron chi connectivity index (χ1n) is 9.92. The Hall–Kier alpha value is -3.35. The van der Waals surface area contributed by atoms with Gasteiger partial charge in [-0.3, -0.25) is 14.4 Å². The molecule has 1 atom stereocenters. The highest BCUT2D eigenvalue weighted by Crippen LogP contribution is 2.27. The fourth-order valence-electron chi connectivity index (χ4n) is 3.18. The molecular weight excluding hydrogens is 384 g/mol. The minimum atomic E-state index is -0.601. The van der Waals surface area contributed by atoms with Crippen molar-refractivity contribution >= 4 is 29.2 Å². The maximum atomic E-state index is 12.4. The van der Waals surface area contributed by atoms with E-state index in [0.717, 1.165) is 11.3 Å². The zero-order valence-corrected chi connectivity index (χ0v) is 17.4. The van der Waals surface area contributed by atoms with Gasteiger partial charge in [-0.25, -0.2) is 0 Å². The summed E-state index contributed by atoms with van der Waals surface area (Å²) in [5.74, 6) is -1.01. The van der Waals surface area contributed by atoms with E-state index in [1.54, 1.807) is 41.3 Å². The summed E-state index contributed by atoms with van der Waals surface area (Å²) in [6.07, 6.45) is 0.120. The molecule has 0 spiro atoms. The van der Waals surface area contributed by atoms with E-state index in [9.17, 15) is 14.4 Å². The third-order valence-corrected chi connectivity index (χ3v) is 4.66. The number of hydrogen-bond donors (Lipinski definition) is 1. The van der Waals surface area contributed by atoms with E-state index in [-0.39, 0.29) is 25.0 Å². The molecule has 7 nitrogen and oxygen atoms in total. The monoisotopic (exact) mass is 410 g/mol. The van der Waals surface area contributed by atoms with Crippen molar-refractivity contribution in [3.05, 3.63) is 54.1 Å². The van der Waals surface area contributed by atoms with Gasteiger partial charge >= 0.3 is 5.97 Å². The van der Waals surface area contributed by atoms with Crippen molar-refractivity contribution in [1.82, 2.24) is 0 Å². The molecule has 1 fully saturated rings. The number of carbonyl (C=O) groups is 3. The van der Waals surface area contributed by atoms with Gasteiger partial charge in [-0.1, -0.05) is 17.7 Å². The number of anilines is 2. The fourth-order valence-corrected chi connectivity index (χ4v) is 3.18. The van der Waals surface area contributed by atoms with Crippen LogP contribution in [0.15, 0.2) is 48.5 Å². The van der Waals surface area contributed by atoms with Gasteiger partial charge in [0.25, 0.3) is 5.91 Å². The third-order valence-electron chi connectivity index (χ3n) is 4.66. The Kier molecular flexibility index (Phi) is 6.72. The quantitative estimate of drug-likeness (QED) is 0.708. The van der Waals surface area contributed by atoms with Crippen LogP contribution in [-0.4, -0.2) is 37.0 Å². The second kappa shape index (κ2) is 9.43. The Morgan fingerprint density at radius 1 is 1.10 bits per heavy atom. The number of carbonyl (C=O) groups excluding carboxylic acids is 3. The lowest BCUT2D eigenvalue weighted by molar-refractivity contribution is -0.151. The zero-order chi connectivity index (χ0) is 21.7. The molecule has 1 saturated heterocycles. The van der Waals surface area contributed by atoms with Crippen LogP contribution in [0.1, 0.15) is 25.8 Å². The van der Waals surface area contributed by atoms with Crippen LogP contribution in [0.4, 0.5) is 11.4 Å². The lowest BCUT2D eigenvalue weighted by atomic mass is 10.1. The second-order valence-corrected chi connectivity index (χ2v) is 7.59. The highest BCUT2D eigenvalue weighted by molar-refractivity contribution is 6.00. The molecule has 7 heteroatoms. The number of benzene rings is 2. The fraction of sp³-hybridized carbons (Fsp3) is 0.348. The molecule has 1 aliphatic rings. The summed E-state index contributed by atoms with van der Waals surface area (Å²) >= 11 is 0. The van der Waals surface area contributed by atoms with Gasteiger partial charge < -0.3 is 19.7 Å². The molecule has 1 aliphatic heterocycles. The molecule has 0 radical (unpaired) electrons.